The Labute approximate surface area is 79.8 Å². The monoisotopic (exact) mass is 180 g/mol. The Hall–Kier alpha value is -0.960. The van der Waals surface area contributed by atoms with E-state index in [0.717, 1.165) is 13.1 Å². The first-order chi connectivity index (χ1) is 6.22. The maximum absolute atomic E-state index is 4.31. The van der Waals surface area contributed by atoms with Crippen LogP contribution in [-0.2, 0) is 13.1 Å². The van der Waals surface area contributed by atoms with Gasteiger partial charge in [-0.15, -0.1) is 0 Å². The average Bonchev–Trinajstić information content (AvgIpc) is 2.08. The molecule has 0 unspecified atom stereocenters. The molecule has 0 radical (unpaired) electrons. The summed E-state index contributed by atoms with van der Waals surface area (Å²) in [5.41, 5.74) is 1.22. The van der Waals surface area contributed by atoms with Gasteiger partial charge in [0.2, 0.25) is 0 Å². The van der Waals surface area contributed by atoms with Gasteiger partial charge >= 0.3 is 0 Å². The molecular weight excluding hydrogens is 162 g/mol. The van der Waals surface area contributed by atoms with Crippen LogP contribution in [0.4, 0.5) is 0 Å². The van der Waals surface area contributed by atoms with Crippen LogP contribution in [0, 0.1) is 5.92 Å². The molecule has 0 atom stereocenters. The second-order valence-electron chi connectivity index (χ2n) is 3.68. The molecule has 0 aliphatic rings. The molecule has 0 aromatic carbocycles. The van der Waals surface area contributed by atoms with Crippen molar-refractivity contribution >= 4 is 0 Å². The first-order valence-electron chi connectivity index (χ1n) is 4.71. The summed E-state index contributed by atoms with van der Waals surface area (Å²) in [5.74, 6) is 0.646. The lowest BCUT2D eigenvalue weighted by Gasteiger charge is -1.99. The van der Waals surface area contributed by atoms with Gasteiger partial charge in [-0.2, -0.15) is 0 Å². The third kappa shape index (κ3) is 3.51. The van der Waals surface area contributed by atoms with E-state index in [9.17, 15) is 0 Å². The van der Waals surface area contributed by atoms with Gasteiger partial charge in [0, 0.05) is 18.5 Å². The molecule has 3 heteroatoms. The fourth-order valence-corrected chi connectivity index (χ4v) is 1.20. The highest BCUT2D eigenvalue weighted by Gasteiger charge is 2.04. The van der Waals surface area contributed by atoms with Crippen LogP contribution >= 0.6 is 0 Å². The van der Waals surface area contributed by atoms with Crippen molar-refractivity contribution in [3.63, 3.8) is 0 Å². The molecule has 0 amide bonds. The molecule has 3 nitrogen and oxygen atoms in total. The highest BCUT2D eigenvalue weighted by molar-refractivity contribution is 5.02. The van der Waals surface area contributed by atoms with E-state index in [2.05, 4.69) is 30.3 Å². The van der Waals surface area contributed by atoms with E-state index in [0.29, 0.717) is 5.92 Å². The zero-order chi connectivity index (χ0) is 9.68. The Bertz CT molecular complexity index is 241. The zero-order valence-electron chi connectivity index (χ0n) is 8.62. The highest BCUT2D eigenvalue weighted by atomic mass is 15.2. The van der Waals surface area contributed by atoms with Gasteiger partial charge in [0.05, 0.1) is 6.20 Å². The van der Waals surface area contributed by atoms with E-state index >= 15 is 0 Å². The van der Waals surface area contributed by atoms with Crippen molar-refractivity contribution in [1.29, 1.82) is 0 Å². The van der Waals surface area contributed by atoms with Gasteiger partial charge in [-0.25, -0.2) is 0 Å². The van der Waals surface area contributed by atoms with Gasteiger partial charge in [-0.3, -0.25) is 0 Å². The van der Waals surface area contributed by atoms with Crippen LogP contribution in [-0.4, -0.2) is 12.1 Å². The Morgan fingerprint density at radius 2 is 2.31 bits per heavy atom. The van der Waals surface area contributed by atoms with Crippen molar-refractivity contribution in [3.8, 4) is 0 Å². The first-order valence-corrected chi connectivity index (χ1v) is 4.71. The van der Waals surface area contributed by atoms with E-state index in [1.54, 1.807) is 0 Å². The van der Waals surface area contributed by atoms with Crippen LogP contribution in [0.25, 0.3) is 0 Å². The smallest absolute Gasteiger partial charge is 0.196 e. The van der Waals surface area contributed by atoms with Crippen molar-refractivity contribution in [2.24, 2.45) is 5.92 Å². The molecule has 1 aromatic rings. The van der Waals surface area contributed by atoms with Gasteiger partial charge < -0.3 is 5.32 Å². The normalized spacial score (nSPS) is 10.8. The standard InChI is InChI=1S/C10H18N3/c1-9(2)8-13-5-4-10(6-11-3)7-12-13/h4-5,7,9,11H,6,8H2,1-3H3/q+1. The lowest BCUT2D eigenvalue weighted by molar-refractivity contribution is -0.758. The van der Waals surface area contributed by atoms with Crippen molar-refractivity contribution in [1.82, 2.24) is 10.4 Å². The summed E-state index contributed by atoms with van der Waals surface area (Å²) in [7, 11) is 1.94. The Morgan fingerprint density at radius 3 is 2.77 bits per heavy atom. The molecule has 0 saturated carbocycles. The maximum Gasteiger partial charge on any atom is 0.196 e. The fourth-order valence-electron chi connectivity index (χ4n) is 1.20. The minimum atomic E-state index is 0.646. The van der Waals surface area contributed by atoms with E-state index < -0.39 is 0 Å². The van der Waals surface area contributed by atoms with Crippen LogP contribution in [0.1, 0.15) is 19.4 Å². The van der Waals surface area contributed by atoms with Gasteiger partial charge in [0.15, 0.2) is 12.7 Å². The molecule has 1 heterocycles. The number of nitrogens with zero attached hydrogens (tertiary/aromatic N) is 2. The molecule has 0 aliphatic carbocycles. The minimum Gasteiger partial charge on any atom is -0.316 e. The molecule has 0 aliphatic heterocycles. The largest absolute Gasteiger partial charge is 0.316 e. The van der Waals surface area contributed by atoms with Crippen LogP contribution in [0.3, 0.4) is 0 Å². The predicted molar refractivity (Wildman–Crippen MR) is 52.0 cm³/mol. The fraction of sp³-hybridized carbons (Fsp3) is 0.600. The summed E-state index contributed by atoms with van der Waals surface area (Å²) in [4.78, 5) is 0. The van der Waals surface area contributed by atoms with Gasteiger partial charge in [0.25, 0.3) is 0 Å². The molecule has 1 rings (SSSR count). The van der Waals surface area contributed by atoms with Crippen molar-refractivity contribution in [2.75, 3.05) is 7.05 Å². The third-order valence-electron chi connectivity index (χ3n) is 1.77. The molecule has 72 valence electrons. The minimum absolute atomic E-state index is 0.646. The molecule has 0 saturated heterocycles. The SMILES string of the molecule is CNCc1cc[n+](CC(C)C)nc1. The summed E-state index contributed by atoms with van der Waals surface area (Å²) in [6, 6.07) is 2.10. The second kappa shape index (κ2) is 4.92. The lowest BCUT2D eigenvalue weighted by Crippen LogP contribution is -2.39. The van der Waals surface area contributed by atoms with E-state index in [1.165, 1.54) is 5.56 Å². The van der Waals surface area contributed by atoms with Crippen molar-refractivity contribution < 1.29 is 4.68 Å². The second-order valence-corrected chi connectivity index (χ2v) is 3.68. The predicted octanol–water partition coefficient (Wildman–Crippen LogP) is 0.744. The van der Waals surface area contributed by atoms with Crippen LogP contribution in [0.15, 0.2) is 18.5 Å². The summed E-state index contributed by atoms with van der Waals surface area (Å²) in [5, 5.41) is 7.41. The average molecular weight is 180 g/mol. The molecule has 1 aromatic heterocycles. The Morgan fingerprint density at radius 1 is 1.54 bits per heavy atom. The number of hydrogen-bond donors (Lipinski definition) is 1. The van der Waals surface area contributed by atoms with E-state index in [-0.39, 0.29) is 0 Å². The third-order valence-corrected chi connectivity index (χ3v) is 1.77. The first kappa shape index (κ1) is 10.1. The Balaban J connectivity index is 2.59. The summed E-state index contributed by atoms with van der Waals surface area (Å²) in [6.45, 7) is 6.25. The van der Waals surface area contributed by atoms with E-state index in [4.69, 9.17) is 0 Å². The van der Waals surface area contributed by atoms with Crippen LogP contribution in [0.5, 0.6) is 0 Å². The zero-order valence-corrected chi connectivity index (χ0v) is 8.62. The number of hydrogen-bond acceptors (Lipinski definition) is 2. The molecule has 0 spiro atoms. The molecule has 13 heavy (non-hydrogen) atoms. The highest BCUT2D eigenvalue weighted by Crippen LogP contribution is 1.93. The molecule has 1 N–H and O–H groups in total. The molecule has 0 bridgehead atoms. The molecule has 0 fully saturated rings. The summed E-state index contributed by atoms with van der Waals surface area (Å²) >= 11 is 0. The maximum atomic E-state index is 4.31. The van der Waals surface area contributed by atoms with Crippen molar-refractivity contribution in [2.45, 2.75) is 26.9 Å². The summed E-state index contributed by atoms with van der Waals surface area (Å²) < 4.78 is 1.98. The van der Waals surface area contributed by atoms with Crippen LogP contribution in [0.2, 0.25) is 0 Å². The number of nitrogens with one attached hydrogen (secondary N) is 1. The van der Waals surface area contributed by atoms with E-state index in [1.807, 2.05) is 24.1 Å². The topological polar surface area (TPSA) is 28.8 Å². The van der Waals surface area contributed by atoms with Gasteiger partial charge in [-0.05, 0) is 17.7 Å². The number of aromatic nitrogens is 2. The molecular formula is C10H18N3+. The lowest BCUT2D eigenvalue weighted by atomic mass is 10.2. The van der Waals surface area contributed by atoms with Gasteiger partial charge in [0.1, 0.15) is 0 Å². The Kier molecular flexibility index (Phi) is 3.83. The van der Waals surface area contributed by atoms with Gasteiger partial charge in [-0.1, -0.05) is 18.5 Å². The number of rotatable bonds is 4. The van der Waals surface area contributed by atoms with Crippen molar-refractivity contribution in [3.05, 3.63) is 24.0 Å². The van der Waals surface area contributed by atoms with Crippen LogP contribution < -0.4 is 10.00 Å². The summed E-state index contributed by atoms with van der Waals surface area (Å²) in [6.07, 6.45) is 3.95. The quantitative estimate of drug-likeness (QED) is 0.693.